The molecular formula is C48H70N2O21P3+. The molecule has 1 amide bonds. The molecule has 0 fully saturated rings. The molecule has 2 heterocycles. The average Bonchev–Trinajstić information content (AvgIpc) is 3.65. The summed E-state index contributed by atoms with van der Waals surface area (Å²) in [5.74, 6) is -1.45. The van der Waals surface area contributed by atoms with Gasteiger partial charge in [0, 0.05) is 58.0 Å². The third-order valence-corrected chi connectivity index (χ3v) is 14.5. The van der Waals surface area contributed by atoms with E-state index in [2.05, 4.69) is 10.6 Å². The molecule has 0 radical (unpaired) electrons. The van der Waals surface area contributed by atoms with Gasteiger partial charge in [-0.25, -0.2) is 13.9 Å². The van der Waals surface area contributed by atoms with Crippen molar-refractivity contribution >= 4 is 35.8 Å². The van der Waals surface area contributed by atoms with Gasteiger partial charge in [0.05, 0.1) is 78.2 Å². The minimum atomic E-state index is -4.86. The first-order valence-corrected chi connectivity index (χ1v) is 28.7. The van der Waals surface area contributed by atoms with Gasteiger partial charge in [-0.3, -0.25) is 22.9 Å². The van der Waals surface area contributed by atoms with Gasteiger partial charge < -0.3 is 59.1 Å². The van der Waals surface area contributed by atoms with Crippen molar-refractivity contribution in [1.82, 2.24) is 10.6 Å². The van der Waals surface area contributed by atoms with Crippen molar-refractivity contribution in [2.24, 2.45) is 11.8 Å². The van der Waals surface area contributed by atoms with Gasteiger partial charge >= 0.3 is 29.9 Å². The third kappa shape index (κ3) is 18.9. The van der Waals surface area contributed by atoms with E-state index in [1.807, 2.05) is 20.9 Å². The molecule has 5 atom stereocenters. The number of rotatable bonds is 38. The zero-order valence-corrected chi connectivity index (χ0v) is 44.6. The summed E-state index contributed by atoms with van der Waals surface area (Å²) in [6.07, 6.45) is 2.85. The molecule has 3 aromatic rings. The first kappa shape index (κ1) is 60.9. The fourth-order valence-electron chi connectivity index (χ4n) is 8.07. The maximum Gasteiger partial charge on any atom is 0.695 e. The lowest BCUT2D eigenvalue weighted by molar-refractivity contribution is -0.0222. The van der Waals surface area contributed by atoms with Crippen molar-refractivity contribution in [1.29, 1.82) is 0 Å². The van der Waals surface area contributed by atoms with Crippen LogP contribution in [0.15, 0.2) is 54.6 Å². The number of unbranched alkanes of at least 4 members (excludes halogenated alkanes) is 1. The van der Waals surface area contributed by atoms with Crippen molar-refractivity contribution in [2.75, 3.05) is 99.4 Å². The van der Waals surface area contributed by atoms with Crippen LogP contribution in [-0.4, -0.2) is 142 Å². The van der Waals surface area contributed by atoms with Crippen molar-refractivity contribution in [3.63, 3.8) is 0 Å². The number of hydrogen-bond donors (Lipinski definition) is 7. The van der Waals surface area contributed by atoms with E-state index in [0.29, 0.717) is 62.4 Å². The average molecular weight is 1100 g/mol. The lowest BCUT2D eigenvalue weighted by Crippen LogP contribution is -2.33. The fourth-order valence-corrected chi connectivity index (χ4v) is 10.1. The zero-order chi connectivity index (χ0) is 53.6. The van der Waals surface area contributed by atoms with Crippen LogP contribution >= 0.6 is 23.9 Å². The minimum absolute atomic E-state index is 0.0247. The number of phosphoric ester groups is 2. The number of hydrogen-bond acceptors (Lipinski definition) is 19. The Kier molecular flexibility index (Phi) is 25.3. The van der Waals surface area contributed by atoms with Crippen LogP contribution < -0.4 is 15.4 Å². The molecule has 5 rings (SSSR count). The standard InChI is InChI=1S/C48H69N2O21P3/c1-4-34(5-2)16-20-65-73(57,58)66-30-35(31-67-74(59,60)68-33-39(71-72(55)56)32-64-26-25-63-24-23-62-22-21-61-19-8-17-49-3)9-6-7-18-50-46(53)36-10-13-41-40(27-36)47(54)70-48(41)42-14-11-37(51)28-44(42)69-45-29-38(52)12-15-43(45)48/h10-15,27-29,34-35,39,49H,4-9,16-26,30-33H2,1-3H3,(H5-,50,51,52,53,55,56,57,58,59,60)/p+1. The van der Waals surface area contributed by atoms with Crippen LogP contribution in [0.2, 0.25) is 0 Å². The van der Waals surface area contributed by atoms with Gasteiger partial charge in [0.2, 0.25) is 0 Å². The Morgan fingerprint density at radius 3 is 1.84 bits per heavy atom. The number of phenolic OH excluding ortho intramolecular Hbond substituents is 2. The van der Waals surface area contributed by atoms with Crippen molar-refractivity contribution in [2.45, 2.75) is 70.5 Å². The van der Waals surface area contributed by atoms with Crippen molar-refractivity contribution < 1.29 is 99.2 Å². The zero-order valence-electron chi connectivity index (χ0n) is 41.9. The molecule has 3 aromatic carbocycles. The lowest BCUT2D eigenvalue weighted by Gasteiger charge is -2.36. The van der Waals surface area contributed by atoms with E-state index in [1.165, 1.54) is 30.3 Å². The van der Waals surface area contributed by atoms with E-state index in [9.17, 15) is 48.2 Å². The van der Waals surface area contributed by atoms with Crippen LogP contribution in [0.3, 0.4) is 0 Å². The number of carbonyl (C=O) groups is 2. The van der Waals surface area contributed by atoms with Crippen LogP contribution in [0, 0.1) is 11.8 Å². The quantitative estimate of drug-likeness (QED) is 0.0173. The van der Waals surface area contributed by atoms with E-state index >= 15 is 0 Å². The highest BCUT2D eigenvalue weighted by molar-refractivity contribution is 7.47. The van der Waals surface area contributed by atoms with Crippen LogP contribution in [0.1, 0.15) is 96.2 Å². The number of fused-ring (bicyclic) bond motifs is 6. The van der Waals surface area contributed by atoms with Crippen LogP contribution in [-0.2, 0) is 65.6 Å². The Labute approximate surface area is 431 Å². The van der Waals surface area contributed by atoms with Gasteiger partial charge in [-0.15, -0.1) is 9.42 Å². The maximum atomic E-state index is 13.6. The number of phenols is 2. The summed E-state index contributed by atoms with van der Waals surface area (Å²) >= 11 is 0. The maximum absolute atomic E-state index is 13.6. The molecule has 7 N–H and O–H groups in total. The van der Waals surface area contributed by atoms with Crippen LogP contribution in [0.25, 0.3) is 0 Å². The number of benzene rings is 3. The molecule has 5 unspecified atom stereocenters. The first-order valence-electron chi connectivity index (χ1n) is 24.5. The number of esters is 1. The molecule has 0 saturated heterocycles. The molecule has 2 aliphatic heterocycles. The summed E-state index contributed by atoms with van der Waals surface area (Å²) in [6, 6.07) is 13.3. The van der Waals surface area contributed by atoms with Gasteiger partial charge in [-0.05, 0) is 81.6 Å². The number of phosphoric acid groups is 2. The molecule has 26 heteroatoms. The Hall–Kier alpha value is -3.96. The molecular weight excluding hydrogens is 1030 g/mol. The number of aromatic hydroxyl groups is 2. The Morgan fingerprint density at radius 2 is 1.24 bits per heavy atom. The Balaban J connectivity index is 1.11. The molecule has 0 saturated carbocycles. The highest BCUT2D eigenvalue weighted by Crippen LogP contribution is 2.57. The van der Waals surface area contributed by atoms with Gasteiger partial charge in [-0.2, -0.15) is 0 Å². The second-order valence-electron chi connectivity index (χ2n) is 17.4. The molecule has 2 aliphatic rings. The summed E-state index contributed by atoms with van der Waals surface area (Å²) < 4.78 is 97.0. The summed E-state index contributed by atoms with van der Waals surface area (Å²) in [6.45, 7) is 5.46. The van der Waals surface area contributed by atoms with Gasteiger partial charge in [0.15, 0.2) is 11.7 Å². The molecule has 74 heavy (non-hydrogen) atoms. The normalized spacial score (nSPS) is 16.1. The molecule has 23 nitrogen and oxygen atoms in total. The first-order chi connectivity index (χ1) is 35.5. The Morgan fingerprint density at radius 1 is 0.676 bits per heavy atom. The molecule has 0 aliphatic carbocycles. The highest BCUT2D eigenvalue weighted by atomic mass is 31.2. The summed E-state index contributed by atoms with van der Waals surface area (Å²) in [7, 11) is -10.7. The van der Waals surface area contributed by atoms with Crippen molar-refractivity contribution in [3.8, 4) is 23.0 Å². The van der Waals surface area contributed by atoms with E-state index in [0.717, 1.165) is 25.8 Å². The Bertz CT molecular complexity index is 2320. The smallest absolute Gasteiger partial charge is 0.508 e. The minimum Gasteiger partial charge on any atom is -0.508 e. The van der Waals surface area contributed by atoms with Gasteiger partial charge in [-0.1, -0.05) is 39.2 Å². The number of ether oxygens (including phenoxy) is 6. The summed E-state index contributed by atoms with van der Waals surface area (Å²) in [5, 5.41) is 26.3. The highest BCUT2D eigenvalue weighted by Gasteiger charge is 2.54. The van der Waals surface area contributed by atoms with E-state index in [1.54, 1.807) is 24.3 Å². The SMILES string of the molecule is CCC(CC)CCOP(=O)(O)OCC(CCCCNC(=O)c1ccc2c(c1)C(=O)OC21c2ccc(O)cc2Oc2cc(O)ccc21)COP(=O)(O)OCC(COCCOCCOCCOCCCNC)O[P+](=O)O. The second-order valence-corrected chi connectivity index (χ2v) is 21.0. The van der Waals surface area contributed by atoms with E-state index in [-0.39, 0.29) is 86.0 Å². The topological polar surface area (TPSA) is 312 Å². The lowest BCUT2D eigenvalue weighted by atomic mass is 9.77. The third-order valence-electron chi connectivity index (χ3n) is 12.0. The largest absolute Gasteiger partial charge is 0.695 e. The van der Waals surface area contributed by atoms with Crippen molar-refractivity contribution in [3.05, 3.63) is 82.4 Å². The van der Waals surface area contributed by atoms with E-state index < -0.39 is 73.2 Å². The molecule has 1 spiro atoms. The summed E-state index contributed by atoms with van der Waals surface area (Å²) in [4.78, 5) is 57.4. The number of nitrogens with one attached hydrogen (secondary N) is 2. The summed E-state index contributed by atoms with van der Waals surface area (Å²) in [5.41, 5.74) is 0.0622. The van der Waals surface area contributed by atoms with Gasteiger partial charge in [0.1, 0.15) is 23.0 Å². The van der Waals surface area contributed by atoms with Crippen LogP contribution in [0.5, 0.6) is 23.0 Å². The predicted molar refractivity (Wildman–Crippen MR) is 266 cm³/mol. The fraction of sp³-hybridized carbons (Fsp3) is 0.583. The predicted octanol–water partition coefficient (Wildman–Crippen LogP) is 6.99. The molecule has 412 valence electrons. The number of amides is 1. The second kappa shape index (κ2) is 30.7. The molecule has 0 bridgehead atoms. The molecule has 0 aromatic heterocycles. The van der Waals surface area contributed by atoms with Crippen LogP contribution in [0.4, 0.5) is 0 Å². The monoisotopic (exact) mass is 1100 g/mol. The van der Waals surface area contributed by atoms with E-state index in [4.69, 9.17) is 51.0 Å². The number of carbonyl (C=O) groups excluding carboxylic acids is 2. The van der Waals surface area contributed by atoms with Gasteiger partial charge in [0.25, 0.3) is 5.91 Å².